The van der Waals surface area contributed by atoms with Crippen LogP contribution in [0.5, 0.6) is 0 Å². The van der Waals surface area contributed by atoms with Gasteiger partial charge in [-0.3, -0.25) is 0 Å². The van der Waals surface area contributed by atoms with Gasteiger partial charge in [0.15, 0.2) is 0 Å². The van der Waals surface area contributed by atoms with Gasteiger partial charge >= 0.3 is 0 Å². The van der Waals surface area contributed by atoms with Crippen LogP contribution >= 0.6 is 0 Å². The molecule has 0 spiro atoms. The Hall–Kier alpha value is -2.72. The molecule has 4 nitrogen and oxygen atoms in total. The SMILES string of the molecule is C=C(c1ccc(-c2ccccc2)cc1)N1CC(=N)CC1C=O.CO. The smallest absolute Gasteiger partial charge is 0.142 e. The van der Waals surface area contributed by atoms with E-state index in [1.54, 1.807) is 0 Å². The molecular formula is C20H22N2O2. The van der Waals surface area contributed by atoms with Gasteiger partial charge in [0, 0.05) is 24.9 Å². The van der Waals surface area contributed by atoms with E-state index in [-0.39, 0.29) is 6.04 Å². The maximum Gasteiger partial charge on any atom is 0.142 e. The molecule has 1 heterocycles. The zero-order valence-electron chi connectivity index (χ0n) is 13.8. The third kappa shape index (κ3) is 3.78. The molecule has 124 valence electrons. The molecule has 1 saturated heterocycles. The van der Waals surface area contributed by atoms with Gasteiger partial charge in [0.05, 0.1) is 12.6 Å². The molecule has 1 aliphatic rings. The minimum atomic E-state index is -0.256. The van der Waals surface area contributed by atoms with Crippen LogP contribution in [0.15, 0.2) is 61.2 Å². The molecule has 0 radical (unpaired) electrons. The fraction of sp³-hybridized carbons (Fsp3) is 0.200. The summed E-state index contributed by atoms with van der Waals surface area (Å²) in [6.07, 6.45) is 1.41. The highest BCUT2D eigenvalue weighted by Gasteiger charge is 2.29. The number of hydrogen-bond donors (Lipinski definition) is 2. The zero-order chi connectivity index (χ0) is 17.5. The van der Waals surface area contributed by atoms with Crippen molar-refractivity contribution in [3.05, 3.63) is 66.7 Å². The van der Waals surface area contributed by atoms with E-state index in [1.165, 1.54) is 5.56 Å². The predicted molar refractivity (Wildman–Crippen MR) is 98.0 cm³/mol. The van der Waals surface area contributed by atoms with Crippen molar-refractivity contribution in [3.63, 3.8) is 0 Å². The van der Waals surface area contributed by atoms with Gasteiger partial charge in [-0.2, -0.15) is 0 Å². The molecule has 0 saturated carbocycles. The second-order valence-corrected chi connectivity index (χ2v) is 5.53. The van der Waals surface area contributed by atoms with Gasteiger partial charge in [0.1, 0.15) is 6.29 Å². The van der Waals surface area contributed by atoms with E-state index < -0.39 is 0 Å². The number of carbonyl (C=O) groups is 1. The number of likely N-dealkylation sites (tertiary alicyclic amines) is 1. The number of aliphatic hydroxyl groups excluding tert-OH is 1. The van der Waals surface area contributed by atoms with Gasteiger partial charge in [-0.25, -0.2) is 0 Å². The third-order valence-corrected chi connectivity index (χ3v) is 4.05. The summed E-state index contributed by atoms with van der Waals surface area (Å²) in [6.45, 7) is 4.60. The standard InChI is InChI=1S/C19H18N2O.CH4O/c1-14(21-12-18(20)11-19(21)13-22)15-7-9-17(10-8-15)16-5-3-2-4-6-16;1-2/h2-10,13,19-20H,1,11-12H2;2H,1H3. The van der Waals surface area contributed by atoms with Crippen LogP contribution in [0.4, 0.5) is 0 Å². The quantitative estimate of drug-likeness (QED) is 0.850. The molecule has 3 rings (SSSR count). The van der Waals surface area contributed by atoms with Crippen molar-refractivity contribution in [2.45, 2.75) is 12.5 Å². The fourth-order valence-corrected chi connectivity index (χ4v) is 2.82. The molecule has 2 aromatic rings. The number of aldehydes is 1. The Bertz CT molecular complexity index is 708. The number of carbonyl (C=O) groups excluding carboxylic acids is 1. The molecule has 4 heteroatoms. The van der Waals surface area contributed by atoms with Crippen molar-refractivity contribution >= 4 is 17.7 Å². The van der Waals surface area contributed by atoms with Crippen LogP contribution in [0.3, 0.4) is 0 Å². The first-order valence-corrected chi connectivity index (χ1v) is 7.77. The number of rotatable bonds is 4. The Morgan fingerprint density at radius 1 is 1.12 bits per heavy atom. The number of nitrogens with one attached hydrogen (secondary N) is 1. The van der Waals surface area contributed by atoms with E-state index in [0.29, 0.717) is 18.7 Å². The van der Waals surface area contributed by atoms with E-state index >= 15 is 0 Å². The second-order valence-electron chi connectivity index (χ2n) is 5.53. The molecule has 2 N–H and O–H groups in total. The Labute approximate surface area is 142 Å². The molecule has 1 fully saturated rings. The summed E-state index contributed by atoms with van der Waals surface area (Å²) in [7, 11) is 1.00. The van der Waals surface area contributed by atoms with E-state index in [2.05, 4.69) is 30.8 Å². The van der Waals surface area contributed by atoms with Gasteiger partial charge in [-0.05, 0) is 16.7 Å². The maximum atomic E-state index is 11.2. The van der Waals surface area contributed by atoms with Gasteiger partial charge in [-0.1, -0.05) is 61.2 Å². The molecule has 1 unspecified atom stereocenters. The van der Waals surface area contributed by atoms with Crippen LogP contribution < -0.4 is 0 Å². The monoisotopic (exact) mass is 322 g/mol. The summed E-state index contributed by atoms with van der Waals surface area (Å²) in [5.41, 5.74) is 4.70. The Morgan fingerprint density at radius 3 is 2.29 bits per heavy atom. The molecule has 2 aromatic carbocycles. The van der Waals surface area contributed by atoms with Gasteiger partial charge in [0.25, 0.3) is 0 Å². The van der Waals surface area contributed by atoms with Crippen molar-refractivity contribution in [2.24, 2.45) is 0 Å². The molecule has 0 amide bonds. The molecular weight excluding hydrogens is 300 g/mol. The summed E-state index contributed by atoms with van der Waals surface area (Å²) in [5.74, 6) is 0. The normalized spacial score (nSPS) is 16.3. The Morgan fingerprint density at radius 2 is 1.71 bits per heavy atom. The van der Waals surface area contributed by atoms with Gasteiger partial charge < -0.3 is 20.2 Å². The van der Waals surface area contributed by atoms with Crippen molar-refractivity contribution < 1.29 is 9.90 Å². The second kappa shape index (κ2) is 8.22. The van der Waals surface area contributed by atoms with Crippen LogP contribution in [0.2, 0.25) is 0 Å². The first-order chi connectivity index (χ1) is 11.7. The molecule has 1 aliphatic heterocycles. The first kappa shape index (κ1) is 17.6. The van der Waals surface area contributed by atoms with Crippen molar-refractivity contribution in [3.8, 4) is 11.1 Å². The lowest BCUT2D eigenvalue weighted by atomic mass is 10.0. The summed E-state index contributed by atoms with van der Waals surface area (Å²) in [5, 5.41) is 14.8. The topological polar surface area (TPSA) is 64.4 Å². The Kier molecular flexibility index (Phi) is 6.04. The van der Waals surface area contributed by atoms with Gasteiger partial charge in [-0.15, -0.1) is 0 Å². The molecule has 1 atom stereocenters. The minimum absolute atomic E-state index is 0.256. The third-order valence-electron chi connectivity index (χ3n) is 4.05. The number of benzene rings is 2. The largest absolute Gasteiger partial charge is 0.400 e. The molecule has 0 aromatic heterocycles. The predicted octanol–water partition coefficient (Wildman–Crippen LogP) is 3.23. The minimum Gasteiger partial charge on any atom is -0.400 e. The van der Waals surface area contributed by atoms with Crippen LogP contribution in [0.25, 0.3) is 16.8 Å². The highest BCUT2D eigenvalue weighted by atomic mass is 16.2. The van der Waals surface area contributed by atoms with Crippen LogP contribution in [0, 0.1) is 5.41 Å². The zero-order valence-corrected chi connectivity index (χ0v) is 13.8. The fourth-order valence-electron chi connectivity index (χ4n) is 2.82. The van der Waals surface area contributed by atoms with E-state index in [4.69, 9.17) is 10.5 Å². The van der Waals surface area contributed by atoms with Crippen LogP contribution in [0.1, 0.15) is 12.0 Å². The lowest BCUT2D eigenvalue weighted by molar-refractivity contribution is -0.110. The lowest BCUT2D eigenvalue weighted by Crippen LogP contribution is -2.28. The summed E-state index contributed by atoms with van der Waals surface area (Å²) < 4.78 is 0. The van der Waals surface area contributed by atoms with Crippen molar-refractivity contribution in [1.29, 1.82) is 5.41 Å². The first-order valence-electron chi connectivity index (χ1n) is 7.77. The molecule has 0 bridgehead atoms. The highest BCUT2D eigenvalue weighted by molar-refractivity contribution is 5.92. The van der Waals surface area contributed by atoms with E-state index in [9.17, 15) is 4.79 Å². The van der Waals surface area contributed by atoms with Crippen LogP contribution in [-0.2, 0) is 4.79 Å². The molecule has 0 aliphatic carbocycles. The highest BCUT2D eigenvalue weighted by Crippen LogP contribution is 2.27. The van der Waals surface area contributed by atoms with E-state index in [1.807, 2.05) is 35.2 Å². The van der Waals surface area contributed by atoms with Crippen LogP contribution in [-0.4, -0.2) is 41.7 Å². The summed E-state index contributed by atoms with van der Waals surface area (Å²) in [4.78, 5) is 13.1. The lowest BCUT2D eigenvalue weighted by Gasteiger charge is -2.24. The summed E-state index contributed by atoms with van der Waals surface area (Å²) >= 11 is 0. The number of hydrogen-bond acceptors (Lipinski definition) is 4. The number of aliphatic hydroxyl groups is 1. The molecule has 24 heavy (non-hydrogen) atoms. The summed E-state index contributed by atoms with van der Waals surface area (Å²) in [6, 6.07) is 18.1. The van der Waals surface area contributed by atoms with Crippen molar-refractivity contribution in [2.75, 3.05) is 13.7 Å². The number of nitrogens with zero attached hydrogens (tertiary/aromatic N) is 1. The maximum absolute atomic E-state index is 11.2. The average Bonchev–Trinajstić information content (AvgIpc) is 3.04. The Balaban J connectivity index is 0.00000100. The van der Waals surface area contributed by atoms with E-state index in [0.717, 1.165) is 30.2 Å². The average molecular weight is 322 g/mol. The van der Waals surface area contributed by atoms with Crippen molar-refractivity contribution in [1.82, 2.24) is 4.90 Å². The van der Waals surface area contributed by atoms with Gasteiger partial charge in [0.2, 0.25) is 0 Å².